The number of hydrogen-bond acceptors (Lipinski definition) is 6. The van der Waals surface area contributed by atoms with E-state index in [0.717, 1.165) is 39.9 Å². The molecule has 3 heterocycles. The van der Waals surface area contributed by atoms with E-state index in [1.165, 1.54) is 22.9 Å². The van der Waals surface area contributed by atoms with E-state index in [1.807, 2.05) is 13.0 Å². The van der Waals surface area contributed by atoms with E-state index in [0.29, 0.717) is 11.7 Å². The smallest absolute Gasteiger partial charge is 0.230 e. The number of benzene rings is 2. The van der Waals surface area contributed by atoms with Crippen molar-refractivity contribution in [3.05, 3.63) is 77.7 Å². The first-order chi connectivity index (χ1) is 16.0. The van der Waals surface area contributed by atoms with Gasteiger partial charge in [-0.25, -0.2) is 9.97 Å². The molecule has 0 unspecified atom stereocenters. The maximum Gasteiger partial charge on any atom is 0.230 e. The zero-order valence-corrected chi connectivity index (χ0v) is 19.4. The van der Waals surface area contributed by atoms with Crippen molar-refractivity contribution in [1.29, 1.82) is 0 Å². The zero-order chi connectivity index (χ0) is 22.8. The van der Waals surface area contributed by atoms with Crippen LogP contribution in [0.4, 0.5) is 0 Å². The Morgan fingerprint density at radius 2 is 1.97 bits per heavy atom. The Hall–Kier alpha value is -3.45. The number of fused-ring (bicyclic) bond motifs is 2. The van der Waals surface area contributed by atoms with E-state index in [4.69, 9.17) is 4.74 Å². The summed E-state index contributed by atoms with van der Waals surface area (Å²) in [4.78, 5) is 25.2. The van der Waals surface area contributed by atoms with Crippen LogP contribution in [0.5, 0.6) is 5.75 Å². The van der Waals surface area contributed by atoms with Crippen molar-refractivity contribution in [2.24, 2.45) is 0 Å². The van der Waals surface area contributed by atoms with Gasteiger partial charge in [0.1, 0.15) is 11.9 Å². The van der Waals surface area contributed by atoms with Crippen LogP contribution in [0.1, 0.15) is 16.8 Å². The summed E-state index contributed by atoms with van der Waals surface area (Å²) in [6.45, 7) is 4.57. The summed E-state index contributed by atoms with van der Waals surface area (Å²) in [7, 11) is 0. The normalized spacial score (nSPS) is 14.7. The summed E-state index contributed by atoms with van der Waals surface area (Å²) in [6, 6.07) is 16.6. The highest BCUT2D eigenvalue weighted by molar-refractivity contribution is 7.99. The highest BCUT2D eigenvalue weighted by Crippen LogP contribution is 2.40. The van der Waals surface area contributed by atoms with Crippen LogP contribution >= 0.6 is 11.8 Å². The number of rotatable bonds is 6. The van der Waals surface area contributed by atoms with Crippen molar-refractivity contribution in [3.8, 4) is 16.9 Å². The third kappa shape index (κ3) is 4.83. The maximum atomic E-state index is 12.3. The number of nitrogens with one attached hydrogen (secondary N) is 1. The van der Waals surface area contributed by atoms with Crippen molar-refractivity contribution in [3.63, 3.8) is 0 Å². The molecule has 166 valence electrons. The average Bonchev–Trinajstić information content (AvgIpc) is 3.24. The summed E-state index contributed by atoms with van der Waals surface area (Å²) in [6.07, 6.45) is 4.02. The zero-order valence-electron chi connectivity index (χ0n) is 18.5. The second-order valence-electron chi connectivity index (χ2n) is 8.23. The van der Waals surface area contributed by atoms with Crippen LogP contribution in [0, 0.1) is 13.8 Å². The lowest BCUT2D eigenvalue weighted by molar-refractivity contribution is -0.118. The molecule has 4 aromatic rings. The Balaban J connectivity index is 1.28. The molecule has 2 aromatic heterocycles. The molecular weight excluding hydrogens is 432 g/mol. The lowest BCUT2D eigenvalue weighted by atomic mass is 9.97. The molecule has 0 aliphatic carbocycles. The minimum absolute atomic E-state index is 0.0549. The van der Waals surface area contributed by atoms with E-state index in [1.54, 1.807) is 18.5 Å². The highest BCUT2D eigenvalue weighted by atomic mass is 32.2. The molecule has 5 rings (SSSR count). The molecule has 0 saturated carbocycles. The molecule has 0 spiro atoms. The van der Waals surface area contributed by atoms with Crippen LogP contribution in [0.3, 0.4) is 0 Å². The lowest BCUT2D eigenvalue weighted by Gasteiger charge is -2.14. The van der Waals surface area contributed by atoms with Crippen molar-refractivity contribution < 1.29 is 9.53 Å². The molecule has 33 heavy (non-hydrogen) atoms. The molecule has 0 fully saturated rings. The van der Waals surface area contributed by atoms with Gasteiger partial charge in [0.05, 0.1) is 17.8 Å². The number of ether oxygens (including phenoxy) is 1. The van der Waals surface area contributed by atoms with E-state index in [-0.39, 0.29) is 17.8 Å². The highest BCUT2D eigenvalue weighted by Gasteiger charge is 2.27. The first-order valence-corrected chi connectivity index (χ1v) is 11.9. The monoisotopic (exact) mass is 456 g/mol. The third-order valence-corrected chi connectivity index (χ3v) is 6.46. The van der Waals surface area contributed by atoms with Crippen molar-refractivity contribution in [2.45, 2.75) is 31.5 Å². The molecular formula is C26H24N4O2S. The van der Waals surface area contributed by atoms with Gasteiger partial charge in [-0.2, -0.15) is 0 Å². The fraction of sp³-hybridized carbons (Fsp3) is 0.231. The molecule has 2 aromatic carbocycles. The Morgan fingerprint density at radius 1 is 1.12 bits per heavy atom. The molecule has 0 saturated heterocycles. The first-order valence-electron chi connectivity index (χ1n) is 10.9. The third-order valence-electron chi connectivity index (χ3n) is 5.58. The summed E-state index contributed by atoms with van der Waals surface area (Å²) in [5, 5.41) is 4.69. The fourth-order valence-corrected chi connectivity index (χ4v) is 4.72. The SMILES string of the molecule is Cc1cc2c(c(-c3ccc4nc(C)ccc4c3)c1)O[C@H](CNC(=O)CSc1ncccn1)C2. The number of hydrogen-bond donors (Lipinski definition) is 1. The number of carbonyl (C=O) groups is 1. The predicted octanol–water partition coefficient (Wildman–Crippen LogP) is 4.52. The van der Waals surface area contributed by atoms with Crippen molar-refractivity contribution >= 4 is 28.6 Å². The average molecular weight is 457 g/mol. The summed E-state index contributed by atoms with van der Waals surface area (Å²) >= 11 is 1.32. The summed E-state index contributed by atoms with van der Waals surface area (Å²) < 4.78 is 6.33. The van der Waals surface area contributed by atoms with Gasteiger partial charge in [-0.05, 0) is 60.9 Å². The summed E-state index contributed by atoms with van der Waals surface area (Å²) in [5.41, 5.74) is 6.56. The quantitative estimate of drug-likeness (QED) is 0.340. The van der Waals surface area contributed by atoms with Gasteiger partial charge in [-0.1, -0.05) is 30.0 Å². The minimum atomic E-state index is -0.0905. The van der Waals surface area contributed by atoms with E-state index >= 15 is 0 Å². The molecule has 1 N–H and O–H groups in total. The maximum absolute atomic E-state index is 12.3. The van der Waals surface area contributed by atoms with Gasteiger partial charge in [-0.15, -0.1) is 0 Å². The number of amides is 1. The van der Waals surface area contributed by atoms with Gasteiger partial charge < -0.3 is 10.1 Å². The van der Waals surface area contributed by atoms with E-state index in [9.17, 15) is 4.79 Å². The van der Waals surface area contributed by atoms with Gasteiger partial charge >= 0.3 is 0 Å². The molecule has 1 aliphatic heterocycles. The first kappa shape index (κ1) is 21.4. The number of aryl methyl sites for hydroxylation is 2. The molecule has 6 nitrogen and oxygen atoms in total. The van der Waals surface area contributed by atoms with Crippen LogP contribution < -0.4 is 10.1 Å². The molecule has 1 amide bonds. The van der Waals surface area contributed by atoms with Crippen molar-refractivity contribution in [2.75, 3.05) is 12.3 Å². The molecule has 1 atom stereocenters. The predicted molar refractivity (Wildman–Crippen MR) is 131 cm³/mol. The minimum Gasteiger partial charge on any atom is -0.487 e. The van der Waals surface area contributed by atoms with Crippen LogP contribution in [-0.4, -0.2) is 39.3 Å². The largest absolute Gasteiger partial charge is 0.487 e. The number of nitrogens with zero attached hydrogens (tertiary/aromatic N) is 3. The fourth-order valence-electron chi connectivity index (χ4n) is 4.08. The molecule has 0 bridgehead atoms. The van der Waals surface area contributed by atoms with E-state index in [2.05, 4.69) is 63.6 Å². The van der Waals surface area contributed by atoms with Crippen molar-refractivity contribution in [1.82, 2.24) is 20.3 Å². The van der Waals surface area contributed by atoms with Crippen LogP contribution in [0.2, 0.25) is 0 Å². The van der Waals surface area contributed by atoms with Gasteiger partial charge in [0.15, 0.2) is 5.16 Å². The number of carbonyl (C=O) groups excluding carboxylic acids is 1. The molecule has 1 aliphatic rings. The number of aromatic nitrogens is 3. The second-order valence-corrected chi connectivity index (χ2v) is 9.17. The van der Waals surface area contributed by atoms with Crippen LogP contribution in [-0.2, 0) is 11.2 Å². The van der Waals surface area contributed by atoms with E-state index < -0.39 is 0 Å². The molecule has 7 heteroatoms. The molecule has 0 radical (unpaired) electrons. The number of thioether (sulfide) groups is 1. The van der Waals surface area contributed by atoms with Gasteiger partial charge in [0, 0.05) is 35.5 Å². The van der Waals surface area contributed by atoms with Gasteiger partial charge in [0.25, 0.3) is 0 Å². The standard InChI is InChI=1S/C26H24N4O2S/c1-16-10-20-13-21(14-29-24(31)15-33-26-27-8-3-9-28-26)32-25(20)22(11-16)18-6-7-23-19(12-18)5-4-17(2)30-23/h3-12,21H,13-15H2,1-2H3,(H,29,31)/t21-/m0/s1. The second kappa shape index (κ2) is 9.19. The lowest BCUT2D eigenvalue weighted by Crippen LogP contribution is -2.35. The van der Waals surface area contributed by atoms with Crippen LogP contribution in [0.25, 0.3) is 22.0 Å². The summed E-state index contributed by atoms with van der Waals surface area (Å²) in [5.74, 6) is 1.13. The van der Waals surface area contributed by atoms with Gasteiger partial charge in [0.2, 0.25) is 5.91 Å². The number of pyridine rings is 1. The Kier molecular flexibility index (Phi) is 5.96. The van der Waals surface area contributed by atoms with Crippen LogP contribution in [0.15, 0.2) is 66.1 Å². The Morgan fingerprint density at radius 3 is 2.82 bits per heavy atom. The Bertz CT molecular complexity index is 1330. The van der Waals surface area contributed by atoms with Gasteiger partial charge in [-0.3, -0.25) is 9.78 Å². The topological polar surface area (TPSA) is 77.0 Å². The Labute approximate surface area is 196 Å².